The van der Waals surface area contributed by atoms with Crippen LogP contribution in [0, 0.1) is 13.8 Å². The summed E-state index contributed by atoms with van der Waals surface area (Å²) in [6, 6.07) is 9.77. The van der Waals surface area contributed by atoms with E-state index in [1.165, 1.54) is 11.8 Å². The summed E-state index contributed by atoms with van der Waals surface area (Å²) in [7, 11) is 0. The number of rotatable bonds is 8. The molecule has 7 nitrogen and oxygen atoms in total. The molecule has 0 saturated carbocycles. The van der Waals surface area contributed by atoms with E-state index in [9.17, 15) is 14.4 Å². The molecule has 1 amide bonds. The van der Waals surface area contributed by atoms with Crippen molar-refractivity contribution < 1.29 is 23.9 Å². The summed E-state index contributed by atoms with van der Waals surface area (Å²) in [5.74, 6) is -1.35. The minimum absolute atomic E-state index is 0.0960. The Balaban J connectivity index is 1.78. The normalized spacial score (nSPS) is 10.8. The molecule has 3 rings (SSSR count). The van der Waals surface area contributed by atoms with Crippen molar-refractivity contribution in [1.82, 2.24) is 4.98 Å². The van der Waals surface area contributed by atoms with E-state index in [4.69, 9.17) is 9.47 Å². The topological polar surface area (TPSA) is 94.6 Å². The van der Waals surface area contributed by atoms with E-state index in [2.05, 4.69) is 10.3 Å². The highest BCUT2D eigenvalue weighted by molar-refractivity contribution is 7.99. The molecule has 0 atom stereocenters. The van der Waals surface area contributed by atoms with Gasteiger partial charge >= 0.3 is 11.9 Å². The molecule has 168 valence electrons. The molecule has 2 heterocycles. The lowest BCUT2D eigenvalue weighted by atomic mass is 10.1. The number of aryl methyl sites for hydroxylation is 1. The fraction of sp³-hybridized carbons (Fsp3) is 0.304. The number of aromatic nitrogens is 1. The number of nitrogens with zero attached hydrogens (tertiary/aromatic N) is 1. The second-order valence-electron chi connectivity index (χ2n) is 6.83. The highest BCUT2D eigenvalue weighted by atomic mass is 32.2. The van der Waals surface area contributed by atoms with Gasteiger partial charge in [0.25, 0.3) is 0 Å². The number of nitrogens with one attached hydrogen (secondary N) is 1. The number of thiophene rings is 1. The first-order valence-electron chi connectivity index (χ1n) is 10.1. The largest absolute Gasteiger partial charge is 0.462 e. The van der Waals surface area contributed by atoms with Gasteiger partial charge in [-0.1, -0.05) is 30.0 Å². The molecular formula is C23H24N2O5S2. The van der Waals surface area contributed by atoms with Crippen LogP contribution in [0.3, 0.4) is 0 Å². The zero-order valence-electron chi connectivity index (χ0n) is 18.3. The summed E-state index contributed by atoms with van der Waals surface area (Å²) >= 11 is 2.31. The molecule has 0 saturated heterocycles. The number of carbonyl (C=O) groups is 3. The average molecular weight is 473 g/mol. The molecular weight excluding hydrogens is 448 g/mol. The van der Waals surface area contributed by atoms with Crippen LogP contribution in [-0.2, 0) is 14.3 Å². The molecule has 0 aliphatic heterocycles. The summed E-state index contributed by atoms with van der Waals surface area (Å²) < 4.78 is 10.2. The van der Waals surface area contributed by atoms with Crippen LogP contribution in [-0.4, -0.2) is 41.8 Å². The van der Waals surface area contributed by atoms with Crippen molar-refractivity contribution in [1.29, 1.82) is 0 Å². The van der Waals surface area contributed by atoms with Crippen LogP contribution in [0.1, 0.15) is 45.0 Å². The van der Waals surface area contributed by atoms with Gasteiger partial charge in [0, 0.05) is 5.39 Å². The summed E-state index contributed by atoms with van der Waals surface area (Å²) in [5.41, 5.74) is 2.56. The summed E-state index contributed by atoms with van der Waals surface area (Å²) in [6.07, 6.45) is 0. The number of hydrogen-bond donors (Lipinski definition) is 1. The number of hydrogen-bond acceptors (Lipinski definition) is 8. The Morgan fingerprint density at radius 2 is 1.75 bits per heavy atom. The number of anilines is 1. The summed E-state index contributed by atoms with van der Waals surface area (Å²) in [4.78, 5) is 42.3. The van der Waals surface area contributed by atoms with E-state index < -0.39 is 11.9 Å². The number of esters is 2. The van der Waals surface area contributed by atoms with Crippen LogP contribution < -0.4 is 5.32 Å². The number of pyridine rings is 1. The maximum atomic E-state index is 12.7. The third-order valence-electron chi connectivity index (χ3n) is 4.59. The lowest BCUT2D eigenvalue weighted by Gasteiger charge is -2.08. The number of benzene rings is 1. The fourth-order valence-corrected chi connectivity index (χ4v) is 5.02. The number of ether oxygens (including phenoxy) is 2. The first-order chi connectivity index (χ1) is 15.3. The Kier molecular flexibility index (Phi) is 7.87. The molecule has 3 aromatic rings. The van der Waals surface area contributed by atoms with Gasteiger partial charge < -0.3 is 14.8 Å². The Hall–Kier alpha value is -2.91. The highest BCUT2D eigenvalue weighted by Crippen LogP contribution is 2.34. The van der Waals surface area contributed by atoms with Crippen LogP contribution in [0.4, 0.5) is 5.00 Å². The van der Waals surface area contributed by atoms with Gasteiger partial charge in [0.15, 0.2) is 0 Å². The van der Waals surface area contributed by atoms with Gasteiger partial charge in [-0.15, -0.1) is 11.3 Å². The molecule has 32 heavy (non-hydrogen) atoms. The zero-order chi connectivity index (χ0) is 23.3. The molecule has 0 bridgehead atoms. The number of para-hydroxylation sites is 1. The van der Waals surface area contributed by atoms with Gasteiger partial charge in [-0.2, -0.15) is 0 Å². The fourth-order valence-electron chi connectivity index (χ4n) is 3.14. The summed E-state index contributed by atoms with van der Waals surface area (Å²) in [5, 5.41) is 4.83. The Morgan fingerprint density at radius 3 is 2.47 bits per heavy atom. The van der Waals surface area contributed by atoms with Gasteiger partial charge in [-0.3, -0.25) is 4.79 Å². The third-order valence-corrected chi connectivity index (χ3v) is 6.69. The summed E-state index contributed by atoms with van der Waals surface area (Å²) in [6.45, 7) is 7.43. The van der Waals surface area contributed by atoms with Crippen molar-refractivity contribution in [3.8, 4) is 0 Å². The average Bonchev–Trinajstić information content (AvgIpc) is 3.08. The van der Waals surface area contributed by atoms with Gasteiger partial charge in [-0.25, -0.2) is 14.6 Å². The molecule has 0 aliphatic carbocycles. The SMILES string of the molecule is CCOC(=O)c1sc(NC(=O)CSc2cc(C)c3ccccc3n2)c(C(=O)OCC)c1C. The minimum Gasteiger partial charge on any atom is -0.462 e. The highest BCUT2D eigenvalue weighted by Gasteiger charge is 2.27. The lowest BCUT2D eigenvalue weighted by molar-refractivity contribution is -0.113. The second kappa shape index (κ2) is 10.6. The van der Waals surface area contributed by atoms with Gasteiger partial charge in [-0.05, 0) is 51.0 Å². The molecule has 9 heteroatoms. The Morgan fingerprint density at radius 1 is 1.06 bits per heavy atom. The van der Waals surface area contributed by atoms with Crippen LogP contribution in [0.15, 0.2) is 35.4 Å². The van der Waals surface area contributed by atoms with E-state index >= 15 is 0 Å². The van der Waals surface area contributed by atoms with Crippen LogP contribution in [0.2, 0.25) is 0 Å². The van der Waals surface area contributed by atoms with Crippen molar-refractivity contribution in [2.24, 2.45) is 0 Å². The van der Waals surface area contributed by atoms with Crippen molar-refractivity contribution in [2.75, 3.05) is 24.3 Å². The van der Waals surface area contributed by atoms with Crippen LogP contribution >= 0.6 is 23.1 Å². The minimum atomic E-state index is -0.591. The van der Waals surface area contributed by atoms with Crippen molar-refractivity contribution in [2.45, 2.75) is 32.7 Å². The van der Waals surface area contributed by atoms with Gasteiger partial charge in [0.2, 0.25) is 5.91 Å². The van der Waals surface area contributed by atoms with E-state index in [0.29, 0.717) is 5.56 Å². The molecule has 1 N–H and O–H groups in total. The van der Waals surface area contributed by atoms with Gasteiger partial charge in [0.05, 0.1) is 35.1 Å². The first kappa shape index (κ1) is 23.7. The van der Waals surface area contributed by atoms with E-state index in [1.807, 2.05) is 37.3 Å². The molecule has 1 aromatic carbocycles. The predicted molar refractivity (Wildman–Crippen MR) is 127 cm³/mol. The second-order valence-corrected chi connectivity index (χ2v) is 8.85. The Bertz CT molecular complexity index is 1170. The maximum Gasteiger partial charge on any atom is 0.348 e. The van der Waals surface area contributed by atoms with Crippen LogP contribution in [0.25, 0.3) is 10.9 Å². The third kappa shape index (κ3) is 5.28. The number of amides is 1. The standard InChI is InChI=1S/C23H24N2O5S2/c1-5-29-22(27)19-14(4)20(23(28)30-6-2)32-21(19)25-17(26)12-31-18-11-13(3)15-9-7-8-10-16(15)24-18/h7-11H,5-6,12H2,1-4H3,(H,25,26). The monoisotopic (exact) mass is 472 g/mol. The molecule has 0 spiro atoms. The zero-order valence-corrected chi connectivity index (χ0v) is 19.9. The number of thioether (sulfide) groups is 1. The molecule has 0 fully saturated rings. The molecule has 0 aliphatic rings. The first-order valence-corrected chi connectivity index (χ1v) is 11.9. The number of fused-ring (bicyclic) bond motifs is 1. The Labute approximate surface area is 194 Å². The molecule has 2 aromatic heterocycles. The lowest BCUT2D eigenvalue weighted by Crippen LogP contribution is -2.16. The van der Waals surface area contributed by atoms with Crippen molar-refractivity contribution in [3.05, 3.63) is 51.9 Å². The van der Waals surface area contributed by atoms with Crippen molar-refractivity contribution in [3.63, 3.8) is 0 Å². The predicted octanol–water partition coefficient (Wildman–Crippen LogP) is 5.00. The maximum absolute atomic E-state index is 12.7. The smallest absolute Gasteiger partial charge is 0.348 e. The van der Waals surface area contributed by atoms with E-state index in [-0.39, 0.29) is 40.3 Å². The van der Waals surface area contributed by atoms with E-state index in [1.54, 1.807) is 20.8 Å². The van der Waals surface area contributed by atoms with Crippen molar-refractivity contribution >= 4 is 56.8 Å². The number of carbonyl (C=O) groups excluding carboxylic acids is 3. The quantitative estimate of drug-likeness (QED) is 0.364. The van der Waals surface area contributed by atoms with E-state index in [0.717, 1.165) is 32.8 Å². The molecule has 0 radical (unpaired) electrons. The molecule has 0 unspecified atom stereocenters. The van der Waals surface area contributed by atoms with Gasteiger partial charge in [0.1, 0.15) is 9.88 Å². The van der Waals surface area contributed by atoms with Crippen LogP contribution in [0.5, 0.6) is 0 Å².